The van der Waals surface area contributed by atoms with Crippen molar-refractivity contribution in [1.82, 2.24) is 4.90 Å². The molecule has 0 amide bonds. The summed E-state index contributed by atoms with van der Waals surface area (Å²) in [4.78, 5) is 2.00. The van der Waals surface area contributed by atoms with E-state index in [1.165, 1.54) is 0 Å². The molecule has 2 atom stereocenters. The molecular formula is C13H18BrNO4. The Morgan fingerprint density at radius 1 is 1.21 bits per heavy atom. The maximum atomic E-state index is 9.55. The molecule has 5 nitrogen and oxygen atoms in total. The van der Waals surface area contributed by atoms with Crippen LogP contribution in [0.3, 0.4) is 0 Å². The molecule has 1 saturated heterocycles. The van der Waals surface area contributed by atoms with Gasteiger partial charge in [-0.2, -0.15) is 0 Å². The van der Waals surface area contributed by atoms with Gasteiger partial charge in [-0.3, -0.25) is 4.90 Å². The maximum Gasteiger partial charge on any atom is 0.175 e. The number of methoxy groups -OCH3 is 2. The van der Waals surface area contributed by atoms with Gasteiger partial charge in [0.2, 0.25) is 0 Å². The van der Waals surface area contributed by atoms with Gasteiger partial charge in [-0.05, 0) is 27.6 Å². The lowest BCUT2D eigenvalue weighted by Gasteiger charge is -2.18. The van der Waals surface area contributed by atoms with Gasteiger partial charge in [0, 0.05) is 19.6 Å². The fraction of sp³-hybridized carbons (Fsp3) is 0.538. The van der Waals surface area contributed by atoms with Crippen molar-refractivity contribution in [2.24, 2.45) is 0 Å². The molecule has 2 N–H and O–H groups in total. The molecule has 1 aromatic rings. The molecule has 2 rings (SSSR count). The summed E-state index contributed by atoms with van der Waals surface area (Å²) in [7, 11) is 3.19. The van der Waals surface area contributed by atoms with Gasteiger partial charge < -0.3 is 19.7 Å². The molecule has 1 fully saturated rings. The third-order valence-electron chi connectivity index (χ3n) is 3.29. The van der Waals surface area contributed by atoms with Crippen molar-refractivity contribution in [3.8, 4) is 11.5 Å². The predicted octanol–water partition coefficient (Wildman–Crippen LogP) is 1.00. The van der Waals surface area contributed by atoms with Crippen molar-refractivity contribution in [2.45, 2.75) is 18.8 Å². The van der Waals surface area contributed by atoms with Crippen LogP contribution in [0.2, 0.25) is 0 Å². The Kier molecular flexibility index (Phi) is 4.67. The van der Waals surface area contributed by atoms with Crippen LogP contribution < -0.4 is 9.47 Å². The van der Waals surface area contributed by atoms with Crippen LogP contribution in [0, 0.1) is 0 Å². The number of aliphatic hydroxyl groups is 2. The average Bonchev–Trinajstić information content (AvgIpc) is 2.70. The number of hydrogen-bond acceptors (Lipinski definition) is 5. The normalized spacial score (nSPS) is 23.6. The van der Waals surface area contributed by atoms with Crippen LogP contribution in [-0.4, -0.2) is 54.6 Å². The van der Waals surface area contributed by atoms with Gasteiger partial charge in [-0.15, -0.1) is 0 Å². The highest BCUT2D eigenvalue weighted by Gasteiger charge is 2.30. The Morgan fingerprint density at radius 2 is 1.84 bits per heavy atom. The van der Waals surface area contributed by atoms with Gasteiger partial charge in [-0.1, -0.05) is 6.07 Å². The van der Waals surface area contributed by atoms with Crippen LogP contribution in [0.5, 0.6) is 11.5 Å². The van der Waals surface area contributed by atoms with E-state index in [-0.39, 0.29) is 0 Å². The zero-order valence-electron chi connectivity index (χ0n) is 11.0. The van der Waals surface area contributed by atoms with Gasteiger partial charge in [-0.25, -0.2) is 0 Å². The van der Waals surface area contributed by atoms with Crippen molar-refractivity contribution in [2.75, 3.05) is 27.3 Å². The van der Waals surface area contributed by atoms with Crippen LogP contribution in [0.25, 0.3) is 0 Å². The third kappa shape index (κ3) is 3.02. The molecule has 0 unspecified atom stereocenters. The highest BCUT2D eigenvalue weighted by Crippen LogP contribution is 2.38. The smallest absolute Gasteiger partial charge is 0.175 e. The Balaban J connectivity index is 2.17. The minimum atomic E-state index is -0.668. The zero-order valence-corrected chi connectivity index (χ0v) is 12.6. The first-order valence-electron chi connectivity index (χ1n) is 6.04. The zero-order chi connectivity index (χ0) is 14.0. The van der Waals surface area contributed by atoms with E-state index in [0.29, 0.717) is 31.1 Å². The van der Waals surface area contributed by atoms with Crippen molar-refractivity contribution in [3.63, 3.8) is 0 Å². The summed E-state index contributed by atoms with van der Waals surface area (Å²) in [5.41, 5.74) is 1.03. The van der Waals surface area contributed by atoms with E-state index < -0.39 is 12.2 Å². The van der Waals surface area contributed by atoms with E-state index in [0.717, 1.165) is 10.0 Å². The number of benzene rings is 1. The average molecular weight is 332 g/mol. The summed E-state index contributed by atoms with van der Waals surface area (Å²) in [6.07, 6.45) is -1.34. The first-order chi connectivity index (χ1) is 9.06. The summed E-state index contributed by atoms with van der Waals surface area (Å²) in [6, 6.07) is 3.80. The minimum absolute atomic E-state index is 0.474. The van der Waals surface area contributed by atoms with Crippen LogP contribution in [0.1, 0.15) is 5.56 Å². The van der Waals surface area contributed by atoms with Gasteiger partial charge in [0.05, 0.1) is 30.9 Å². The first kappa shape index (κ1) is 14.6. The standard InChI is InChI=1S/C13H18BrNO4/c1-18-11-4-3-8(12(14)13(11)19-2)5-15-6-9(16)10(17)7-15/h3-4,9-10,16-17H,5-7H2,1-2H3/t9-,10+. The molecule has 0 bridgehead atoms. The van der Waals surface area contributed by atoms with E-state index in [9.17, 15) is 10.2 Å². The molecule has 1 aromatic carbocycles. The van der Waals surface area contributed by atoms with Crippen molar-refractivity contribution >= 4 is 15.9 Å². The quantitative estimate of drug-likeness (QED) is 0.862. The molecular weight excluding hydrogens is 314 g/mol. The second-order valence-corrected chi connectivity index (χ2v) is 5.40. The number of nitrogens with zero attached hydrogens (tertiary/aromatic N) is 1. The number of rotatable bonds is 4. The van der Waals surface area contributed by atoms with Crippen molar-refractivity contribution < 1.29 is 19.7 Å². The van der Waals surface area contributed by atoms with Gasteiger partial charge in [0.1, 0.15) is 0 Å². The molecule has 106 valence electrons. The highest BCUT2D eigenvalue weighted by atomic mass is 79.9. The lowest BCUT2D eigenvalue weighted by atomic mass is 10.2. The number of β-amino-alcohol motifs (C(OH)–C–C–N with tert-alkyl or cyclic N) is 2. The summed E-state index contributed by atoms with van der Waals surface area (Å²) < 4.78 is 11.4. The molecule has 6 heteroatoms. The molecule has 0 spiro atoms. The van der Waals surface area contributed by atoms with Crippen LogP contribution in [-0.2, 0) is 6.54 Å². The molecule has 0 aliphatic carbocycles. The van der Waals surface area contributed by atoms with Crippen molar-refractivity contribution in [1.29, 1.82) is 0 Å². The van der Waals surface area contributed by atoms with E-state index >= 15 is 0 Å². The molecule has 0 aromatic heterocycles. The largest absolute Gasteiger partial charge is 0.493 e. The molecule has 1 heterocycles. The number of ether oxygens (including phenoxy) is 2. The molecule has 1 aliphatic heterocycles. The third-order valence-corrected chi connectivity index (χ3v) is 4.16. The lowest BCUT2D eigenvalue weighted by molar-refractivity contribution is 0.0572. The summed E-state index contributed by atoms with van der Waals surface area (Å²) in [6.45, 7) is 1.58. The monoisotopic (exact) mass is 331 g/mol. The summed E-state index contributed by atoms with van der Waals surface area (Å²) >= 11 is 3.51. The summed E-state index contributed by atoms with van der Waals surface area (Å²) in [5, 5.41) is 19.1. The number of halogens is 1. The summed E-state index contributed by atoms with van der Waals surface area (Å²) in [5.74, 6) is 1.32. The van der Waals surface area contributed by atoms with Gasteiger partial charge in [0.15, 0.2) is 11.5 Å². The molecule has 19 heavy (non-hydrogen) atoms. The topological polar surface area (TPSA) is 62.2 Å². The molecule has 0 radical (unpaired) electrons. The van der Waals surface area contributed by atoms with Crippen LogP contribution in [0.4, 0.5) is 0 Å². The second-order valence-electron chi connectivity index (χ2n) is 4.60. The SMILES string of the molecule is COc1ccc(CN2C[C@@H](O)[C@@H](O)C2)c(Br)c1OC. The fourth-order valence-electron chi connectivity index (χ4n) is 2.27. The first-order valence-corrected chi connectivity index (χ1v) is 6.84. The molecule has 1 aliphatic rings. The number of aliphatic hydroxyl groups excluding tert-OH is 2. The van der Waals surface area contributed by atoms with E-state index in [2.05, 4.69) is 15.9 Å². The fourth-order valence-corrected chi connectivity index (χ4v) is 2.88. The predicted molar refractivity (Wildman–Crippen MR) is 74.5 cm³/mol. The van der Waals surface area contributed by atoms with E-state index in [4.69, 9.17) is 9.47 Å². The highest BCUT2D eigenvalue weighted by molar-refractivity contribution is 9.10. The minimum Gasteiger partial charge on any atom is -0.493 e. The molecule has 0 saturated carbocycles. The second kappa shape index (κ2) is 6.09. The van der Waals surface area contributed by atoms with Crippen molar-refractivity contribution in [3.05, 3.63) is 22.2 Å². The van der Waals surface area contributed by atoms with Gasteiger partial charge in [0.25, 0.3) is 0 Å². The van der Waals surface area contributed by atoms with E-state index in [1.807, 2.05) is 17.0 Å². The number of likely N-dealkylation sites (tertiary alicyclic amines) is 1. The Morgan fingerprint density at radius 3 is 2.37 bits per heavy atom. The number of hydrogen-bond donors (Lipinski definition) is 2. The Bertz CT molecular complexity index is 445. The van der Waals surface area contributed by atoms with Gasteiger partial charge >= 0.3 is 0 Å². The Labute approximate surface area is 120 Å². The van der Waals surface area contributed by atoms with Crippen LogP contribution in [0.15, 0.2) is 16.6 Å². The van der Waals surface area contributed by atoms with E-state index in [1.54, 1.807) is 14.2 Å². The maximum absolute atomic E-state index is 9.55. The lowest BCUT2D eigenvalue weighted by Crippen LogP contribution is -2.22. The Hall–Kier alpha value is -0.820. The van der Waals surface area contributed by atoms with Crippen LogP contribution >= 0.6 is 15.9 Å².